The van der Waals surface area contributed by atoms with Gasteiger partial charge in [-0.05, 0) is 77.2 Å². The lowest BCUT2D eigenvalue weighted by atomic mass is 9.80. The summed E-state index contributed by atoms with van der Waals surface area (Å²) in [7, 11) is -5.17. The van der Waals surface area contributed by atoms with Gasteiger partial charge < -0.3 is 40.9 Å². The number of phenols is 1. The highest BCUT2D eigenvalue weighted by atomic mass is 32.2. The average molecular weight is 761 g/mol. The van der Waals surface area contributed by atoms with Gasteiger partial charge in [0.15, 0.2) is 24.8 Å². The lowest BCUT2D eigenvalue weighted by molar-refractivity contribution is -0.179. The molecular weight excluding hydrogens is 712 g/mol. The van der Waals surface area contributed by atoms with Gasteiger partial charge in [-0.25, -0.2) is 9.79 Å². The Morgan fingerprint density at radius 3 is 2.55 bits per heavy atom. The van der Waals surface area contributed by atoms with Crippen molar-refractivity contribution in [1.29, 1.82) is 0 Å². The quantitative estimate of drug-likeness (QED) is 0.0240. The van der Waals surface area contributed by atoms with Crippen molar-refractivity contribution in [2.45, 2.75) is 109 Å². The average Bonchev–Trinajstić information content (AvgIpc) is 3.48. The molecule has 7 N–H and O–H groups in total. The molecule has 18 heteroatoms. The number of carboxylic acids is 1. The second-order valence-corrected chi connectivity index (χ2v) is 15.0. The Kier molecular flexibility index (Phi) is 13.0. The van der Waals surface area contributed by atoms with Gasteiger partial charge in [0.2, 0.25) is 5.60 Å². The maximum Gasteiger partial charge on any atom is 0.364 e. The van der Waals surface area contributed by atoms with Crippen molar-refractivity contribution in [3.05, 3.63) is 59.0 Å². The number of carbonyl (C=O) groups is 3. The van der Waals surface area contributed by atoms with Crippen LogP contribution in [0, 0.1) is 0 Å². The highest BCUT2D eigenvalue weighted by Crippen LogP contribution is 2.43. The van der Waals surface area contributed by atoms with Crippen molar-refractivity contribution in [2.24, 2.45) is 15.9 Å². The third-order valence-electron chi connectivity index (χ3n) is 8.86. The van der Waals surface area contributed by atoms with Crippen LogP contribution < -0.4 is 21.1 Å². The molecule has 0 radical (unpaired) electrons. The number of carbonyl (C=O) groups excluding carboxylic acids is 2. The van der Waals surface area contributed by atoms with Crippen molar-refractivity contribution in [3.8, 4) is 11.5 Å². The number of unbranched alkanes of at least 4 members (excludes halogenated alkanes) is 2. The number of nitrogens with one attached hydrogen (secondary N) is 2. The molecule has 2 heterocycles. The van der Waals surface area contributed by atoms with Gasteiger partial charge >= 0.3 is 16.3 Å². The Morgan fingerprint density at radius 1 is 1.23 bits per heavy atom. The normalized spacial score (nSPS) is 21.9. The molecule has 1 saturated heterocycles. The number of aliphatic imine (C=N–C) groups is 1. The largest absolute Gasteiger partial charge is 0.507 e. The van der Waals surface area contributed by atoms with Gasteiger partial charge in [-0.2, -0.15) is 12.7 Å². The van der Waals surface area contributed by atoms with Crippen LogP contribution in [-0.4, -0.2) is 87.5 Å². The smallest absolute Gasteiger partial charge is 0.364 e. The first-order valence-corrected chi connectivity index (χ1v) is 18.6. The molecule has 1 unspecified atom stereocenters. The number of benzene rings is 1. The summed E-state index contributed by atoms with van der Waals surface area (Å²) in [5.74, 6) is -3.73. The number of hydrogen-bond donors (Lipinski definition) is 6. The summed E-state index contributed by atoms with van der Waals surface area (Å²) in [5.41, 5.74) is 6.35. The third-order valence-corrected chi connectivity index (χ3v) is 9.74. The van der Waals surface area contributed by atoms with Crippen molar-refractivity contribution in [1.82, 2.24) is 14.9 Å². The van der Waals surface area contributed by atoms with E-state index in [2.05, 4.69) is 34.3 Å². The SMILES string of the molecule is C=C(C)N[C@@H]1CCC(C)=C[C@H]1c1c(O)cc(CCCCC)cc1OCOC1[C@H](NC(=O)/C(=N\OC(C)(C)C(=O)O)C2=CCC(N)=N2)C(=O)N1S(=O)(=O)O. The maximum atomic E-state index is 13.5. The predicted molar refractivity (Wildman–Crippen MR) is 194 cm³/mol. The highest BCUT2D eigenvalue weighted by molar-refractivity contribution is 7.84. The van der Waals surface area contributed by atoms with Crippen molar-refractivity contribution in [2.75, 3.05) is 6.79 Å². The molecule has 4 atom stereocenters. The standard InChI is InChI=1S/C35H48N6O11S/c1-7-8-9-10-21-16-25(42)28(22-15-20(4)11-12-23(22)37-19(2)3)26(17-21)50-18-51-33-30(32(44)41(33)53(47,48)49)39-31(43)29(24-13-14-27(36)38-24)40-52-35(5,6)34(45)46/h13,15-17,22-23,30,33,37,42H,2,7-12,14,18H2,1,3-6H3,(H2,36,38)(H,39,43)(H,45,46)(H,47,48,49)/b40-29-/t22-,23-,30-,33?/m1/s1. The molecule has 17 nitrogen and oxygen atoms in total. The number of oxime groups is 1. The zero-order valence-corrected chi connectivity index (χ0v) is 31.2. The number of nitrogens with zero attached hydrogens (tertiary/aromatic N) is 3. The molecular formula is C35H48N6O11S. The molecule has 0 saturated carbocycles. The first-order chi connectivity index (χ1) is 24.8. The first kappa shape index (κ1) is 40.8. The number of allylic oxidation sites excluding steroid dienone is 2. The van der Waals surface area contributed by atoms with Gasteiger partial charge in [-0.1, -0.05) is 43.1 Å². The van der Waals surface area contributed by atoms with Gasteiger partial charge in [0.25, 0.3) is 11.8 Å². The summed E-state index contributed by atoms with van der Waals surface area (Å²) in [6, 6.07) is 1.65. The Balaban J connectivity index is 1.62. The van der Waals surface area contributed by atoms with Crippen LogP contribution in [0.1, 0.15) is 90.2 Å². The van der Waals surface area contributed by atoms with Gasteiger partial charge in [0.05, 0.1) is 5.70 Å². The minimum Gasteiger partial charge on any atom is -0.507 e. The first-order valence-electron chi connectivity index (χ1n) is 17.2. The molecule has 290 valence electrons. The lowest BCUT2D eigenvalue weighted by Gasteiger charge is -2.43. The second-order valence-electron chi connectivity index (χ2n) is 13.7. The monoisotopic (exact) mass is 760 g/mol. The second kappa shape index (κ2) is 16.8. The maximum absolute atomic E-state index is 13.5. The summed E-state index contributed by atoms with van der Waals surface area (Å²) in [5, 5.41) is 30.2. The number of rotatable bonds is 18. The van der Waals surface area contributed by atoms with Crippen LogP contribution in [0.5, 0.6) is 11.5 Å². The number of amidine groups is 1. The van der Waals surface area contributed by atoms with E-state index in [1.165, 1.54) is 19.9 Å². The van der Waals surface area contributed by atoms with Crippen molar-refractivity contribution in [3.63, 3.8) is 0 Å². The van der Waals surface area contributed by atoms with Crippen LogP contribution >= 0.6 is 0 Å². The molecule has 0 spiro atoms. The van der Waals surface area contributed by atoms with E-state index in [0.717, 1.165) is 48.9 Å². The Hall–Kier alpha value is -4.94. The molecule has 53 heavy (non-hydrogen) atoms. The molecule has 1 fully saturated rings. The Bertz CT molecular complexity index is 1850. The Labute approximate surface area is 308 Å². The van der Waals surface area contributed by atoms with E-state index in [1.54, 1.807) is 12.1 Å². The minimum absolute atomic E-state index is 0.00777. The number of β-lactam (4-membered cyclic amide) rings is 1. The van der Waals surface area contributed by atoms with Crippen LogP contribution in [0.25, 0.3) is 0 Å². The van der Waals surface area contributed by atoms with Gasteiger partial charge in [0.1, 0.15) is 17.3 Å². The molecule has 4 rings (SSSR count). The summed E-state index contributed by atoms with van der Waals surface area (Å²) in [6.07, 6.45) is 6.87. The van der Waals surface area contributed by atoms with E-state index in [-0.39, 0.29) is 45.7 Å². The lowest BCUT2D eigenvalue weighted by Crippen LogP contribution is -2.73. The fourth-order valence-electron chi connectivity index (χ4n) is 6.03. The van der Waals surface area contributed by atoms with Crippen LogP contribution in [0.15, 0.2) is 58.0 Å². The number of aliphatic carboxylic acids is 1. The zero-order chi connectivity index (χ0) is 39.2. The van der Waals surface area contributed by atoms with E-state index in [4.69, 9.17) is 20.0 Å². The van der Waals surface area contributed by atoms with Crippen LogP contribution in [0.2, 0.25) is 0 Å². The number of hydrogen-bond acceptors (Lipinski definition) is 13. The van der Waals surface area contributed by atoms with Gasteiger partial charge in [-0.3, -0.25) is 14.1 Å². The summed E-state index contributed by atoms with van der Waals surface area (Å²) in [6.45, 7) is 11.6. The van der Waals surface area contributed by atoms with E-state index in [0.29, 0.717) is 12.0 Å². The molecule has 0 aromatic heterocycles. The van der Waals surface area contributed by atoms with Crippen LogP contribution in [0.4, 0.5) is 0 Å². The van der Waals surface area contributed by atoms with Crippen LogP contribution in [-0.2, 0) is 40.7 Å². The molecule has 1 aromatic rings. The van der Waals surface area contributed by atoms with Crippen molar-refractivity contribution < 1.29 is 51.9 Å². The number of ether oxygens (including phenoxy) is 2. The molecule has 2 aliphatic heterocycles. The highest BCUT2D eigenvalue weighted by Gasteiger charge is 2.55. The van der Waals surface area contributed by atoms with E-state index in [9.17, 15) is 37.6 Å². The predicted octanol–water partition coefficient (Wildman–Crippen LogP) is 3.13. The van der Waals surface area contributed by atoms with Gasteiger partial charge in [-0.15, -0.1) is 0 Å². The van der Waals surface area contributed by atoms with Gasteiger partial charge in [0, 0.05) is 29.6 Å². The zero-order valence-electron chi connectivity index (χ0n) is 30.4. The fourth-order valence-corrected chi connectivity index (χ4v) is 6.82. The third kappa shape index (κ3) is 9.94. The van der Waals surface area contributed by atoms with E-state index < -0.39 is 58.5 Å². The Morgan fingerprint density at radius 2 is 1.94 bits per heavy atom. The number of aryl methyl sites for hydroxylation is 1. The number of carboxylic acid groups (broad SMARTS) is 1. The number of nitrogens with two attached hydrogens (primary N) is 1. The summed E-state index contributed by atoms with van der Waals surface area (Å²) < 4.78 is 46.1. The minimum atomic E-state index is -5.17. The topological polar surface area (TPSA) is 252 Å². The van der Waals surface area contributed by atoms with E-state index in [1.807, 2.05) is 19.9 Å². The molecule has 1 aliphatic carbocycles. The number of phenolic OH excluding ortho intramolecular Hbond substituents is 1. The molecule has 2 amide bonds. The molecule has 3 aliphatic rings. The number of aromatic hydroxyl groups is 1. The number of amides is 2. The molecule has 0 bridgehead atoms. The van der Waals surface area contributed by atoms with Crippen LogP contribution in [0.3, 0.4) is 0 Å². The molecule has 1 aromatic carbocycles. The van der Waals surface area contributed by atoms with E-state index >= 15 is 0 Å². The summed E-state index contributed by atoms with van der Waals surface area (Å²) >= 11 is 0. The summed E-state index contributed by atoms with van der Waals surface area (Å²) in [4.78, 5) is 47.2. The fraction of sp³-hybridized carbons (Fsp3) is 0.514. The van der Waals surface area contributed by atoms with Crippen molar-refractivity contribution >= 4 is 39.6 Å².